The van der Waals surface area contributed by atoms with Gasteiger partial charge in [0.1, 0.15) is 11.5 Å². The molecule has 0 saturated carbocycles. The van der Waals surface area contributed by atoms with Crippen molar-refractivity contribution in [2.45, 2.75) is 19.4 Å². The van der Waals surface area contributed by atoms with E-state index in [2.05, 4.69) is 12.2 Å². The first-order chi connectivity index (χ1) is 7.79. The number of furan rings is 2. The summed E-state index contributed by atoms with van der Waals surface area (Å²) in [5.74, 6) is 1.77. The molecule has 86 valence electrons. The lowest BCUT2D eigenvalue weighted by Crippen LogP contribution is -2.22. The van der Waals surface area contributed by atoms with E-state index in [1.165, 1.54) is 0 Å². The van der Waals surface area contributed by atoms with Crippen LogP contribution in [0.1, 0.15) is 24.5 Å². The van der Waals surface area contributed by atoms with Crippen LogP contribution in [0.15, 0.2) is 39.4 Å². The van der Waals surface area contributed by atoms with Crippen LogP contribution in [0.25, 0.3) is 0 Å². The van der Waals surface area contributed by atoms with Gasteiger partial charge in [0.2, 0.25) is 0 Å². The number of rotatable bonds is 5. The van der Waals surface area contributed by atoms with Crippen LogP contribution in [0.2, 0.25) is 5.22 Å². The molecule has 16 heavy (non-hydrogen) atoms. The molecule has 0 amide bonds. The molecule has 0 aromatic carbocycles. The number of hydrogen-bond donors (Lipinski definition) is 1. The van der Waals surface area contributed by atoms with Crippen LogP contribution in [0.3, 0.4) is 0 Å². The molecule has 3 nitrogen and oxygen atoms in total. The maximum Gasteiger partial charge on any atom is 0.193 e. The molecule has 1 N–H and O–H groups in total. The molecule has 0 aliphatic heterocycles. The quantitative estimate of drug-likeness (QED) is 0.869. The van der Waals surface area contributed by atoms with Crippen molar-refractivity contribution in [1.29, 1.82) is 0 Å². The van der Waals surface area contributed by atoms with Gasteiger partial charge in [-0.3, -0.25) is 0 Å². The minimum absolute atomic E-state index is 0.101. The van der Waals surface area contributed by atoms with Crippen molar-refractivity contribution in [2.24, 2.45) is 0 Å². The van der Waals surface area contributed by atoms with Crippen LogP contribution >= 0.6 is 11.6 Å². The van der Waals surface area contributed by atoms with Gasteiger partial charge in [0.15, 0.2) is 5.22 Å². The lowest BCUT2D eigenvalue weighted by Gasteiger charge is -2.13. The van der Waals surface area contributed by atoms with E-state index in [9.17, 15) is 0 Å². The van der Waals surface area contributed by atoms with E-state index in [4.69, 9.17) is 20.4 Å². The first-order valence-corrected chi connectivity index (χ1v) is 5.68. The van der Waals surface area contributed by atoms with Crippen molar-refractivity contribution in [1.82, 2.24) is 5.32 Å². The predicted molar refractivity (Wildman–Crippen MR) is 62.5 cm³/mol. The van der Waals surface area contributed by atoms with Crippen molar-refractivity contribution in [3.63, 3.8) is 0 Å². The largest absolute Gasteiger partial charge is 0.469 e. The molecule has 0 saturated heterocycles. The third-order valence-corrected chi connectivity index (χ3v) is 2.58. The van der Waals surface area contributed by atoms with E-state index in [1.54, 1.807) is 12.3 Å². The molecule has 0 bridgehead atoms. The predicted octanol–water partition coefficient (Wildman–Crippen LogP) is 3.42. The number of nitrogens with one attached hydrogen (secondary N) is 1. The summed E-state index contributed by atoms with van der Waals surface area (Å²) < 4.78 is 10.7. The highest BCUT2D eigenvalue weighted by Crippen LogP contribution is 2.23. The maximum atomic E-state index is 5.77. The normalized spacial score (nSPS) is 12.9. The maximum absolute atomic E-state index is 5.77. The van der Waals surface area contributed by atoms with Crippen LogP contribution in [-0.4, -0.2) is 6.54 Å². The molecule has 4 heteroatoms. The Labute approximate surface area is 99.4 Å². The van der Waals surface area contributed by atoms with Gasteiger partial charge < -0.3 is 14.2 Å². The van der Waals surface area contributed by atoms with Gasteiger partial charge in [-0.2, -0.15) is 0 Å². The minimum Gasteiger partial charge on any atom is -0.469 e. The second-order valence-electron chi connectivity index (χ2n) is 3.54. The highest BCUT2D eigenvalue weighted by Gasteiger charge is 2.16. The van der Waals surface area contributed by atoms with Crippen LogP contribution in [0.4, 0.5) is 0 Å². The first-order valence-electron chi connectivity index (χ1n) is 5.30. The zero-order valence-corrected chi connectivity index (χ0v) is 9.83. The Morgan fingerprint density at radius 2 is 2.25 bits per heavy atom. The average molecular weight is 240 g/mol. The molecular weight excluding hydrogens is 226 g/mol. The van der Waals surface area contributed by atoms with Gasteiger partial charge in [0, 0.05) is 6.42 Å². The summed E-state index contributed by atoms with van der Waals surface area (Å²) in [6, 6.07) is 7.58. The fourth-order valence-corrected chi connectivity index (χ4v) is 1.82. The second-order valence-corrected chi connectivity index (χ2v) is 3.91. The van der Waals surface area contributed by atoms with Gasteiger partial charge in [-0.1, -0.05) is 6.92 Å². The summed E-state index contributed by atoms with van der Waals surface area (Å²) in [5.41, 5.74) is 0. The van der Waals surface area contributed by atoms with Crippen molar-refractivity contribution in [2.75, 3.05) is 6.54 Å². The molecule has 0 spiro atoms. The fourth-order valence-electron chi connectivity index (χ4n) is 1.67. The van der Waals surface area contributed by atoms with Crippen molar-refractivity contribution in [3.8, 4) is 0 Å². The van der Waals surface area contributed by atoms with Crippen LogP contribution in [0.5, 0.6) is 0 Å². The molecule has 2 aromatic rings. The number of likely N-dealkylation sites (N-methyl/N-ethyl adjacent to an activating group) is 1. The van der Waals surface area contributed by atoms with Crippen LogP contribution in [-0.2, 0) is 6.42 Å². The lowest BCUT2D eigenvalue weighted by molar-refractivity contribution is 0.390. The number of halogens is 1. The van der Waals surface area contributed by atoms with E-state index in [-0.39, 0.29) is 6.04 Å². The molecule has 2 rings (SSSR count). The van der Waals surface area contributed by atoms with Crippen LogP contribution in [0, 0.1) is 0 Å². The van der Waals surface area contributed by atoms with E-state index in [0.29, 0.717) is 5.22 Å². The highest BCUT2D eigenvalue weighted by atomic mass is 35.5. The Morgan fingerprint density at radius 1 is 1.38 bits per heavy atom. The molecule has 0 fully saturated rings. The van der Waals surface area contributed by atoms with Crippen molar-refractivity contribution < 1.29 is 8.83 Å². The highest BCUT2D eigenvalue weighted by molar-refractivity contribution is 6.28. The lowest BCUT2D eigenvalue weighted by atomic mass is 10.1. The summed E-state index contributed by atoms with van der Waals surface area (Å²) in [6.07, 6.45) is 2.43. The van der Waals surface area contributed by atoms with E-state index in [0.717, 1.165) is 24.5 Å². The second kappa shape index (κ2) is 5.23. The smallest absolute Gasteiger partial charge is 0.193 e. The Kier molecular flexibility index (Phi) is 3.70. The van der Waals surface area contributed by atoms with Crippen molar-refractivity contribution in [3.05, 3.63) is 47.3 Å². The fraction of sp³-hybridized carbons (Fsp3) is 0.333. The summed E-state index contributed by atoms with van der Waals surface area (Å²) in [6.45, 7) is 2.92. The van der Waals surface area contributed by atoms with Gasteiger partial charge in [-0.15, -0.1) is 0 Å². The van der Waals surface area contributed by atoms with E-state index < -0.39 is 0 Å². The molecule has 1 unspecified atom stereocenters. The molecule has 0 aliphatic rings. The zero-order valence-electron chi connectivity index (χ0n) is 9.07. The summed E-state index contributed by atoms with van der Waals surface area (Å²) in [4.78, 5) is 0. The molecule has 2 aromatic heterocycles. The van der Waals surface area contributed by atoms with Crippen molar-refractivity contribution >= 4 is 11.6 Å². The van der Waals surface area contributed by atoms with Crippen LogP contribution < -0.4 is 5.32 Å². The third-order valence-electron chi connectivity index (χ3n) is 2.37. The molecular formula is C12H14ClNO2. The number of hydrogen-bond acceptors (Lipinski definition) is 3. The first kappa shape index (κ1) is 11.3. The van der Waals surface area contributed by atoms with Gasteiger partial charge >= 0.3 is 0 Å². The SMILES string of the molecule is CCNC(Cc1ccco1)c1ccc(Cl)o1. The summed E-state index contributed by atoms with van der Waals surface area (Å²) in [7, 11) is 0. The standard InChI is InChI=1S/C12H14ClNO2/c1-2-14-10(8-9-4-3-7-15-9)11-5-6-12(13)16-11/h3-7,10,14H,2,8H2,1H3. The third kappa shape index (κ3) is 2.68. The van der Waals surface area contributed by atoms with Gasteiger partial charge in [-0.25, -0.2) is 0 Å². The Morgan fingerprint density at radius 3 is 2.81 bits per heavy atom. The van der Waals surface area contributed by atoms with Gasteiger partial charge in [-0.05, 0) is 42.4 Å². The molecule has 1 atom stereocenters. The van der Waals surface area contributed by atoms with E-state index >= 15 is 0 Å². The van der Waals surface area contributed by atoms with E-state index in [1.807, 2.05) is 18.2 Å². The Bertz CT molecular complexity index is 422. The minimum atomic E-state index is 0.101. The van der Waals surface area contributed by atoms with Gasteiger partial charge in [0.25, 0.3) is 0 Å². The zero-order chi connectivity index (χ0) is 11.4. The molecule has 2 heterocycles. The summed E-state index contributed by atoms with van der Waals surface area (Å²) in [5, 5.41) is 3.75. The monoisotopic (exact) mass is 239 g/mol. The van der Waals surface area contributed by atoms with Gasteiger partial charge in [0.05, 0.1) is 12.3 Å². The Hall–Kier alpha value is -1.19. The molecule has 0 radical (unpaired) electrons. The Balaban J connectivity index is 2.11. The topological polar surface area (TPSA) is 38.3 Å². The molecule has 0 aliphatic carbocycles. The summed E-state index contributed by atoms with van der Waals surface area (Å²) >= 11 is 5.77. The average Bonchev–Trinajstić information content (AvgIpc) is 2.88.